The van der Waals surface area contributed by atoms with Crippen LogP contribution in [-0.4, -0.2) is 46.9 Å². The molecule has 3 N–H and O–H groups in total. The van der Waals surface area contributed by atoms with Crippen molar-refractivity contribution in [3.05, 3.63) is 72.9 Å². The molecule has 0 radical (unpaired) electrons. The zero-order valence-corrected chi connectivity index (χ0v) is 44.3. The van der Waals surface area contributed by atoms with Gasteiger partial charge in [0.05, 0.1) is 25.2 Å². The number of amides is 1. The Balaban J connectivity index is 4.64. The highest BCUT2D eigenvalue weighted by molar-refractivity contribution is 5.77. The smallest absolute Gasteiger partial charge is 0.306 e. The Hall–Kier alpha value is -2.70. The van der Waals surface area contributed by atoms with Crippen molar-refractivity contribution < 1.29 is 24.5 Å². The summed E-state index contributed by atoms with van der Waals surface area (Å²) >= 11 is 0. The number of hydrogen-bond donors (Lipinski definition) is 3. The maximum Gasteiger partial charge on any atom is 0.306 e. The summed E-state index contributed by atoms with van der Waals surface area (Å²) in [7, 11) is 0. The van der Waals surface area contributed by atoms with Crippen LogP contribution in [0.5, 0.6) is 0 Å². The molecule has 67 heavy (non-hydrogen) atoms. The lowest BCUT2D eigenvalue weighted by molar-refractivity contribution is -0.151. The van der Waals surface area contributed by atoms with Gasteiger partial charge in [-0.1, -0.05) is 248 Å². The normalized spacial score (nSPS) is 13.7. The molecule has 0 saturated carbocycles. The van der Waals surface area contributed by atoms with Gasteiger partial charge in [-0.15, -0.1) is 0 Å². The Kier molecular flexibility index (Phi) is 52.1. The maximum atomic E-state index is 13.3. The van der Waals surface area contributed by atoms with Crippen LogP contribution in [0.2, 0.25) is 0 Å². The first kappa shape index (κ1) is 64.3. The number of carbonyl (C=O) groups excluding carboxylic acids is 2. The highest BCUT2D eigenvalue weighted by Gasteiger charge is 2.24. The number of carbonyl (C=O) groups is 2. The molecule has 1 amide bonds. The van der Waals surface area contributed by atoms with Crippen molar-refractivity contribution in [3.63, 3.8) is 0 Å². The van der Waals surface area contributed by atoms with Crippen molar-refractivity contribution in [1.82, 2.24) is 5.32 Å². The molecular formula is C61H109NO5. The fourth-order valence-electron chi connectivity index (χ4n) is 8.46. The summed E-state index contributed by atoms with van der Waals surface area (Å²) < 4.78 is 5.92. The van der Waals surface area contributed by atoms with Gasteiger partial charge < -0.3 is 20.3 Å². The molecule has 6 heteroatoms. The Labute approximate surface area is 415 Å². The number of aliphatic hydroxyl groups excluding tert-OH is 2. The molecule has 6 nitrogen and oxygen atoms in total. The number of allylic oxidation sites excluding steroid dienone is 12. The summed E-state index contributed by atoms with van der Waals surface area (Å²) in [6.07, 6.45) is 69.7. The van der Waals surface area contributed by atoms with Gasteiger partial charge >= 0.3 is 5.97 Å². The van der Waals surface area contributed by atoms with E-state index in [1.54, 1.807) is 0 Å². The van der Waals surface area contributed by atoms with E-state index in [2.05, 4.69) is 99.0 Å². The van der Waals surface area contributed by atoms with Crippen LogP contribution in [0.15, 0.2) is 72.9 Å². The fraction of sp³-hybridized carbons (Fsp3) is 0.770. The van der Waals surface area contributed by atoms with Crippen LogP contribution in [0.3, 0.4) is 0 Å². The molecule has 0 aliphatic heterocycles. The number of aliphatic hydroxyl groups is 2. The summed E-state index contributed by atoms with van der Waals surface area (Å²) in [5, 5.41) is 23.9. The Morgan fingerprint density at radius 2 is 0.821 bits per heavy atom. The molecule has 0 heterocycles. The van der Waals surface area contributed by atoms with Gasteiger partial charge in [0.2, 0.25) is 5.91 Å². The van der Waals surface area contributed by atoms with Crippen molar-refractivity contribution in [2.24, 2.45) is 0 Å². The second kappa shape index (κ2) is 54.2. The highest BCUT2D eigenvalue weighted by atomic mass is 16.5. The summed E-state index contributed by atoms with van der Waals surface area (Å²) in [6, 6.07) is -0.724. The van der Waals surface area contributed by atoms with Gasteiger partial charge in [0.1, 0.15) is 6.10 Å². The molecule has 0 bridgehead atoms. The van der Waals surface area contributed by atoms with E-state index in [0.29, 0.717) is 19.3 Å². The Bertz CT molecular complexity index is 1230. The largest absolute Gasteiger partial charge is 0.462 e. The second-order valence-electron chi connectivity index (χ2n) is 19.3. The topological polar surface area (TPSA) is 95.9 Å². The van der Waals surface area contributed by atoms with Crippen LogP contribution < -0.4 is 5.32 Å². The van der Waals surface area contributed by atoms with E-state index in [1.807, 2.05) is 0 Å². The fourth-order valence-corrected chi connectivity index (χ4v) is 8.46. The number of hydrogen-bond acceptors (Lipinski definition) is 5. The lowest BCUT2D eigenvalue weighted by Crippen LogP contribution is -2.46. The lowest BCUT2D eigenvalue weighted by atomic mass is 10.0. The van der Waals surface area contributed by atoms with Crippen LogP contribution in [-0.2, 0) is 14.3 Å². The number of ether oxygens (including phenoxy) is 1. The standard InChI is InChI=1S/C61H109NO5/c1-4-7-10-13-16-19-22-25-28-30-32-34-37-40-43-46-49-52-57(67-61(66)54-51-48-45-42-39-36-27-24-21-18-15-12-9-6-3)55-60(65)62-58(56-63)59(64)53-50-47-44-41-38-35-33-31-29-26-23-20-17-14-11-8-5-2/h9,12,16,18-19,21,25,28,32,34,40,43,57-59,63-64H,4-8,10-11,13-15,17,20,22-24,26-27,29-31,33,35-39,41-42,44-56H2,1-3H3,(H,62,65)/b12-9+,19-16-,21-18+,28-25-,34-32-,43-40-. The Morgan fingerprint density at radius 3 is 1.28 bits per heavy atom. The van der Waals surface area contributed by atoms with Gasteiger partial charge in [0, 0.05) is 6.42 Å². The first-order valence-electron chi connectivity index (χ1n) is 28.7. The summed E-state index contributed by atoms with van der Waals surface area (Å²) in [6.45, 7) is 6.36. The number of rotatable bonds is 51. The molecule has 0 aliphatic carbocycles. The van der Waals surface area contributed by atoms with Gasteiger partial charge in [-0.25, -0.2) is 0 Å². The summed E-state index contributed by atoms with van der Waals surface area (Å²) in [5.41, 5.74) is 0. The van der Waals surface area contributed by atoms with Gasteiger partial charge in [-0.05, 0) is 89.9 Å². The van der Waals surface area contributed by atoms with Crippen LogP contribution in [0, 0.1) is 0 Å². The van der Waals surface area contributed by atoms with Gasteiger partial charge in [0.15, 0.2) is 0 Å². The predicted molar refractivity (Wildman–Crippen MR) is 291 cm³/mol. The molecule has 0 fully saturated rings. The zero-order chi connectivity index (χ0) is 48.8. The molecule has 0 spiro atoms. The van der Waals surface area contributed by atoms with Crippen molar-refractivity contribution >= 4 is 11.9 Å². The first-order chi connectivity index (χ1) is 33.0. The van der Waals surface area contributed by atoms with Crippen LogP contribution in [0.25, 0.3) is 0 Å². The highest BCUT2D eigenvalue weighted by Crippen LogP contribution is 2.18. The van der Waals surface area contributed by atoms with E-state index in [-0.39, 0.29) is 24.9 Å². The molecule has 3 atom stereocenters. The minimum absolute atomic E-state index is 0.0351. The van der Waals surface area contributed by atoms with Crippen molar-refractivity contribution in [3.8, 4) is 0 Å². The number of esters is 1. The van der Waals surface area contributed by atoms with Gasteiger partial charge in [0.25, 0.3) is 0 Å². The molecule has 0 aliphatic rings. The third kappa shape index (κ3) is 49.5. The van der Waals surface area contributed by atoms with E-state index >= 15 is 0 Å². The van der Waals surface area contributed by atoms with E-state index in [9.17, 15) is 19.8 Å². The van der Waals surface area contributed by atoms with Crippen molar-refractivity contribution in [2.45, 2.75) is 296 Å². The van der Waals surface area contributed by atoms with Crippen LogP contribution in [0.4, 0.5) is 0 Å². The number of nitrogens with one attached hydrogen (secondary N) is 1. The van der Waals surface area contributed by atoms with Crippen molar-refractivity contribution in [1.29, 1.82) is 0 Å². The minimum atomic E-state index is -0.807. The van der Waals surface area contributed by atoms with Crippen molar-refractivity contribution in [2.75, 3.05) is 6.61 Å². The summed E-state index contributed by atoms with van der Waals surface area (Å²) in [5.74, 6) is -0.534. The first-order valence-corrected chi connectivity index (χ1v) is 28.7. The molecule has 0 rings (SSSR count). The van der Waals surface area contributed by atoms with Crippen LogP contribution >= 0.6 is 0 Å². The van der Waals surface area contributed by atoms with Gasteiger partial charge in [-0.2, -0.15) is 0 Å². The van der Waals surface area contributed by atoms with E-state index < -0.39 is 18.2 Å². The molecule has 0 aromatic heterocycles. The number of unbranched alkanes of at least 4 members (excludes halogenated alkanes) is 27. The van der Waals surface area contributed by atoms with E-state index in [1.165, 1.54) is 141 Å². The lowest BCUT2D eigenvalue weighted by Gasteiger charge is -2.24. The monoisotopic (exact) mass is 936 g/mol. The third-order valence-corrected chi connectivity index (χ3v) is 12.8. The molecular weight excluding hydrogens is 827 g/mol. The second-order valence-corrected chi connectivity index (χ2v) is 19.3. The zero-order valence-electron chi connectivity index (χ0n) is 44.3. The average Bonchev–Trinajstić information content (AvgIpc) is 3.32. The molecule has 3 unspecified atom stereocenters. The quantitative estimate of drug-likeness (QED) is 0.0321. The van der Waals surface area contributed by atoms with E-state index in [4.69, 9.17) is 4.74 Å². The molecule has 0 saturated heterocycles. The SMILES string of the molecule is CC/C=C/C/C=C/CCCCCCCCCC(=O)OC(CCC/C=C\C/C=C\C/C=C\C/C=C\CCCCC)CC(=O)NC(CO)C(O)CCCCCCCCCCCCCCCCCCC. The van der Waals surface area contributed by atoms with E-state index in [0.717, 1.165) is 89.9 Å². The Morgan fingerprint density at radius 1 is 0.448 bits per heavy atom. The van der Waals surface area contributed by atoms with Crippen LogP contribution in [0.1, 0.15) is 278 Å². The predicted octanol–water partition coefficient (Wildman–Crippen LogP) is 17.7. The molecule has 0 aromatic rings. The average molecular weight is 937 g/mol. The maximum absolute atomic E-state index is 13.3. The molecule has 0 aromatic carbocycles. The minimum Gasteiger partial charge on any atom is -0.462 e. The summed E-state index contributed by atoms with van der Waals surface area (Å²) in [4.78, 5) is 26.2. The molecule has 388 valence electrons. The van der Waals surface area contributed by atoms with Gasteiger partial charge in [-0.3, -0.25) is 9.59 Å². The third-order valence-electron chi connectivity index (χ3n) is 12.8.